The first-order chi connectivity index (χ1) is 12.4. The van der Waals surface area contributed by atoms with Gasteiger partial charge in [0.25, 0.3) is 5.56 Å². The van der Waals surface area contributed by atoms with E-state index in [0.717, 1.165) is 26.3 Å². The van der Waals surface area contributed by atoms with E-state index in [9.17, 15) is 9.59 Å². The topological polar surface area (TPSA) is 102 Å². The molecule has 0 unspecified atom stereocenters. The number of aromatic nitrogens is 4. The number of benzene rings is 1. The Kier molecular flexibility index (Phi) is 3.73. The lowest BCUT2D eigenvalue weighted by Crippen LogP contribution is -2.24. The average Bonchev–Trinajstić information content (AvgIpc) is 3.07. The molecule has 0 atom stereocenters. The van der Waals surface area contributed by atoms with Gasteiger partial charge in [-0.15, -0.1) is 11.3 Å². The highest BCUT2D eigenvalue weighted by Gasteiger charge is 2.17. The standard InChI is InChI=1S/C17H15N5O3S/c1-9-19-13-12-7-18-22(15(23)14(12)21(2)16(13)26-9)8-10-4-3-5-11(6-10)20-17(24)25/h3-7,20H,8H2,1-2H3,(H,24,25). The van der Waals surface area contributed by atoms with Crippen molar-refractivity contribution < 1.29 is 9.90 Å². The van der Waals surface area contributed by atoms with Crippen molar-refractivity contribution >= 4 is 44.4 Å². The molecule has 4 aromatic rings. The lowest BCUT2D eigenvalue weighted by atomic mass is 10.2. The maximum atomic E-state index is 12.9. The maximum absolute atomic E-state index is 12.9. The fraction of sp³-hybridized carbons (Fsp3) is 0.176. The lowest BCUT2D eigenvalue weighted by Gasteiger charge is -2.07. The summed E-state index contributed by atoms with van der Waals surface area (Å²) in [5, 5.41) is 17.1. The van der Waals surface area contributed by atoms with Crippen molar-refractivity contribution in [1.29, 1.82) is 0 Å². The summed E-state index contributed by atoms with van der Waals surface area (Å²) >= 11 is 1.54. The SMILES string of the molecule is Cc1nc2c3cnn(Cc4cccc(NC(=O)O)c4)c(=O)c3n(C)c2s1. The Labute approximate surface area is 151 Å². The Bertz CT molecular complexity index is 1220. The van der Waals surface area contributed by atoms with Crippen LogP contribution in [0.25, 0.3) is 21.3 Å². The number of hydrogen-bond acceptors (Lipinski definition) is 5. The summed E-state index contributed by atoms with van der Waals surface area (Å²) in [5.74, 6) is 0. The zero-order valence-corrected chi connectivity index (χ0v) is 14.9. The molecule has 0 bridgehead atoms. The molecule has 132 valence electrons. The molecule has 26 heavy (non-hydrogen) atoms. The smallest absolute Gasteiger partial charge is 0.409 e. The molecule has 2 N–H and O–H groups in total. The number of carbonyl (C=O) groups is 1. The highest BCUT2D eigenvalue weighted by molar-refractivity contribution is 7.18. The monoisotopic (exact) mass is 369 g/mol. The Morgan fingerprint density at radius 1 is 1.38 bits per heavy atom. The van der Waals surface area contributed by atoms with E-state index in [1.54, 1.807) is 35.7 Å². The number of amides is 1. The third-order valence-corrected chi connectivity index (χ3v) is 5.19. The van der Waals surface area contributed by atoms with E-state index < -0.39 is 6.09 Å². The Balaban J connectivity index is 1.78. The summed E-state index contributed by atoms with van der Waals surface area (Å²) in [4.78, 5) is 29.1. The predicted octanol–water partition coefficient (Wildman–Crippen LogP) is 2.79. The van der Waals surface area contributed by atoms with E-state index in [1.807, 2.05) is 24.6 Å². The van der Waals surface area contributed by atoms with Gasteiger partial charge in [-0.3, -0.25) is 10.1 Å². The predicted molar refractivity (Wildman–Crippen MR) is 100 cm³/mol. The first kappa shape index (κ1) is 16.3. The van der Waals surface area contributed by atoms with E-state index in [1.165, 1.54) is 4.68 Å². The van der Waals surface area contributed by atoms with Crippen LogP contribution in [0.15, 0.2) is 35.3 Å². The van der Waals surface area contributed by atoms with Gasteiger partial charge in [0.05, 0.1) is 23.1 Å². The van der Waals surface area contributed by atoms with Gasteiger partial charge in [-0.2, -0.15) is 5.10 Å². The number of thiazole rings is 1. The van der Waals surface area contributed by atoms with Crippen molar-refractivity contribution in [3.05, 3.63) is 51.4 Å². The summed E-state index contributed by atoms with van der Waals surface area (Å²) in [7, 11) is 1.85. The van der Waals surface area contributed by atoms with Crippen LogP contribution in [0.3, 0.4) is 0 Å². The van der Waals surface area contributed by atoms with Gasteiger partial charge in [0.1, 0.15) is 15.9 Å². The molecular formula is C17H15N5O3S. The molecule has 0 saturated heterocycles. The minimum atomic E-state index is -1.13. The van der Waals surface area contributed by atoms with E-state index in [2.05, 4.69) is 15.4 Å². The fourth-order valence-corrected chi connectivity index (χ4v) is 3.95. The second-order valence-electron chi connectivity index (χ2n) is 5.95. The largest absolute Gasteiger partial charge is 0.465 e. The third kappa shape index (κ3) is 2.62. The van der Waals surface area contributed by atoms with Gasteiger partial charge in [-0.05, 0) is 24.6 Å². The molecule has 9 heteroatoms. The molecule has 0 fully saturated rings. The minimum absolute atomic E-state index is 0.204. The number of nitrogens with one attached hydrogen (secondary N) is 1. The average molecular weight is 369 g/mol. The van der Waals surface area contributed by atoms with E-state index in [0.29, 0.717) is 11.2 Å². The number of hydrogen-bond donors (Lipinski definition) is 2. The molecule has 0 spiro atoms. The highest BCUT2D eigenvalue weighted by Crippen LogP contribution is 2.29. The zero-order chi connectivity index (χ0) is 18.4. The molecule has 0 aliphatic rings. The van der Waals surface area contributed by atoms with Gasteiger partial charge in [-0.25, -0.2) is 14.5 Å². The van der Waals surface area contributed by atoms with Crippen molar-refractivity contribution in [2.45, 2.75) is 13.5 Å². The van der Waals surface area contributed by atoms with Crippen LogP contribution in [0.5, 0.6) is 0 Å². The number of aryl methyl sites for hydroxylation is 2. The lowest BCUT2D eigenvalue weighted by molar-refractivity contribution is 0.210. The first-order valence-electron chi connectivity index (χ1n) is 7.84. The second kappa shape index (κ2) is 5.95. The maximum Gasteiger partial charge on any atom is 0.409 e. The normalized spacial score (nSPS) is 11.3. The van der Waals surface area contributed by atoms with Crippen LogP contribution in [0, 0.1) is 6.92 Å². The second-order valence-corrected chi connectivity index (χ2v) is 7.13. The van der Waals surface area contributed by atoms with Crippen LogP contribution in [0.1, 0.15) is 10.6 Å². The highest BCUT2D eigenvalue weighted by atomic mass is 32.1. The molecule has 3 heterocycles. The molecule has 1 amide bonds. The minimum Gasteiger partial charge on any atom is -0.465 e. The van der Waals surface area contributed by atoms with Crippen LogP contribution in [0.2, 0.25) is 0 Å². The number of fused-ring (bicyclic) bond motifs is 3. The van der Waals surface area contributed by atoms with Gasteiger partial charge < -0.3 is 9.67 Å². The zero-order valence-electron chi connectivity index (χ0n) is 14.1. The molecule has 0 aliphatic heterocycles. The van der Waals surface area contributed by atoms with Crippen molar-refractivity contribution in [3.63, 3.8) is 0 Å². The summed E-state index contributed by atoms with van der Waals surface area (Å²) < 4.78 is 3.23. The van der Waals surface area contributed by atoms with Gasteiger partial charge in [0.2, 0.25) is 0 Å². The molecule has 0 radical (unpaired) electrons. The van der Waals surface area contributed by atoms with Crippen molar-refractivity contribution in [3.8, 4) is 0 Å². The number of rotatable bonds is 3. The van der Waals surface area contributed by atoms with Crippen LogP contribution >= 0.6 is 11.3 Å². The quantitative estimate of drug-likeness (QED) is 0.578. The van der Waals surface area contributed by atoms with Crippen molar-refractivity contribution in [2.24, 2.45) is 7.05 Å². The molecule has 0 aliphatic carbocycles. The van der Waals surface area contributed by atoms with Crippen molar-refractivity contribution in [2.75, 3.05) is 5.32 Å². The fourth-order valence-electron chi connectivity index (χ4n) is 3.05. The Morgan fingerprint density at radius 2 is 2.19 bits per heavy atom. The molecular weight excluding hydrogens is 354 g/mol. The third-order valence-electron chi connectivity index (χ3n) is 4.14. The number of carboxylic acid groups (broad SMARTS) is 1. The molecule has 0 saturated carbocycles. The molecule has 4 rings (SSSR count). The summed E-state index contributed by atoms with van der Waals surface area (Å²) in [6.45, 7) is 2.18. The first-order valence-corrected chi connectivity index (χ1v) is 8.66. The van der Waals surface area contributed by atoms with Crippen molar-refractivity contribution in [1.82, 2.24) is 19.3 Å². The Morgan fingerprint density at radius 3 is 2.96 bits per heavy atom. The van der Waals surface area contributed by atoms with Gasteiger partial charge in [0.15, 0.2) is 0 Å². The number of anilines is 1. The molecule has 3 aromatic heterocycles. The number of nitrogens with zero attached hydrogens (tertiary/aromatic N) is 4. The van der Waals surface area contributed by atoms with Crippen LogP contribution in [-0.2, 0) is 13.6 Å². The summed E-state index contributed by atoms with van der Waals surface area (Å²) in [5.41, 5.74) is 2.38. The summed E-state index contributed by atoms with van der Waals surface area (Å²) in [6.07, 6.45) is 0.530. The van der Waals surface area contributed by atoms with Crippen LogP contribution in [0.4, 0.5) is 10.5 Å². The Hall–Kier alpha value is -3.20. The van der Waals surface area contributed by atoms with Gasteiger partial charge in [-0.1, -0.05) is 12.1 Å². The van der Waals surface area contributed by atoms with Gasteiger partial charge in [0, 0.05) is 12.7 Å². The van der Waals surface area contributed by atoms with Crippen LogP contribution < -0.4 is 10.9 Å². The van der Waals surface area contributed by atoms with E-state index in [4.69, 9.17) is 5.11 Å². The van der Waals surface area contributed by atoms with Gasteiger partial charge >= 0.3 is 6.09 Å². The summed E-state index contributed by atoms with van der Waals surface area (Å²) in [6, 6.07) is 6.88. The van der Waals surface area contributed by atoms with E-state index in [-0.39, 0.29) is 12.1 Å². The molecule has 1 aromatic carbocycles. The van der Waals surface area contributed by atoms with E-state index >= 15 is 0 Å². The van der Waals surface area contributed by atoms with Crippen LogP contribution in [-0.4, -0.2) is 30.5 Å². The molecule has 8 nitrogen and oxygen atoms in total.